The molecule has 0 amide bonds. The molecule has 0 radical (unpaired) electrons. The van der Waals surface area contributed by atoms with Crippen molar-refractivity contribution in [3.63, 3.8) is 0 Å². The van der Waals surface area contributed by atoms with E-state index < -0.39 is 23.5 Å². The SMILES string of the molecule is CC(O)Cn1nc(-c2cccc(OC(F)F)c2)c2ncc(C=O)cc21.CNC1(C)CS(=O)C1. The Kier molecular flexibility index (Phi) is 7.88. The molecule has 1 aliphatic heterocycles. The first-order valence-electron chi connectivity index (χ1n) is 10.2. The molecule has 8 nitrogen and oxygen atoms in total. The number of carbonyl (C=O) groups excluding carboxylic acids is 1. The van der Waals surface area contributed by atoms with Gasteiger partial charge in [-0.15, -0.1) is 0 Å². The molecule has 1 aliphatic rings. The number of fused-ring (bicyclic) bond motifs is 1. The van der Waals surface area contributed by atoms with Crippen molar-refractivity contribution in [2.45, 2.75) is 38.6 Å². The van der Waals surface area contributed by atoms with Crippen LogP contribution < -0.4 is 10.1 Å². The third-order valence-electron chi connectivity index (χ3n) is 5.08. The van der Waals surface area contributed by atoms with Crippen LogP contribution >= 0.6 is 0 Å². The van der Waals surface area contributed by atoms with E-state index in [1.54, 1.807) is 25.1 Å². The van der Waals surface area contributed by atoms with E-state index >= 15 is 0 Å². The number of nitrogens with one attached hydrogen (secondary N) is 1. The highest BCUT2D eigenvalue weighted by atomic mass is 32.2. The van der Waals surface area contributed by atoms with Crippen LogP contribution in [0.25, 0.3) is 22.3 Å². The molecule has 0 aliphatic carbocycles. The molecule has 1 unspecified atom stereocenters. The molecular formula is C22H26F2N4O4S. The summed E-state index contributed by atoms with van der Waals surface area (Å²) in [4.78, 5) is 15.3. The molecule has 3 aromatic rings. The van der Waals surface area contributed by atoms with Gasteiger partial charge in [0.05, 0.1) is 18.2 Å². The molecule has 1 aromatic carbocycles. The lowest BCUT2D eigenvalue weighted by Gasteiger charge is -2.36. The number of pyridine rings is 1. The number of carbonyl (C=O) groups is 1. The van der Waals surface area contributed by atoms with E-state index in [-0.39, 0.29) is 17.8 Å². The van der Waals surface area contributed by atoms with Crippen molar-refractivity contribution in [3.8, 4) is 17.0 Å². The lowest BCUT2D eigenvalue weighted by molar-refractivity contribution is -0.0498. The zero-order chi connectivity index (χ0) is 24.2. The second kappa shape index (κ2) is 10.4. The monoisotopic (exact) mass is 480 g/mol. The highest BCUT2D eigenvalue weighted by Gasteiger charge is 2.36. The highest BCUT2D eigenvalue weighted by molar-refractivity contribution is 7.86. The Morgan fingerprint density at radius 2 is 2.09 bits per heavy atom. The molecule has 0 bridgehead atoms. The Hall–Kier alpha value is -2.76. The van der Waals surface area contributed by atoms with E-state index in [1.807, 2.05) is 7.05 Å². The molecule has 0 spiro atoms. The minimum atomic E-state index is -2.92. The van der Waals surface area contributed by atoms with Crippen LogP contribution in [0, 0.1) is 0 Å². The van der Waals surface area contributed by atoms with E-state index in [4.69, 9.17) is 0 Å². The second-order valence-electron chi connectivity index (χ2n) is 8.08. The minimum Gasteiger partial charge on any atom is -0.435 e. The van der Waals surface area contributed by atoms with Gasteiger partial charge in [0.25, 0.3) is 0 Å². The number of aldehydes is 1. The summed E-state index contributed by atoms with van der Waals surface area (Å²) in [7, 11) is 1.39. The number of aliphatic hydroxyl groups excluding tert-OH is 1. The fraction of sp³-hybridized carbons (Fsp3) is 0.409. The van der Waals surface area contributed by atoms with Gasteiger partial charge in [-0.2, -0.15) is 13.9 Å². The van der Waals surface area contributed by atoms with Gasteiger partial charge in [0.2, 0.25) is 0 Å². The molecule has 1 atom stereocenters. The van der Waals surface area contributed by atoms with Crippen LogP contribution in [-0.2, 0) is 17.3 Å². The van der Waals surface area contributed by atoms with Crippen molar-refractivity contribution >= 4 is 28.1 Å². The number of hydrogen-bond acceptors (Lipinski definition) is 7. The number of alkyl halides is 2. The van der Waals surface area contributed by atoms with Gasteiger partial charge in [0.15, 0.2) is 6.29 Å². The maximum Gasteiger partial charge on any atom is 0.387 e. The van der Waals surface area contributed by atoms with Gasteiger partial charge < -0.3 is 15.2 Å². The highest BCUT2D eigenvalue weighted by Crippen LogP contribution is 2.30. The third kappa shape index (κ3) is 6.18. The molecule has 1 fully saturated rings. The first-order chi connectivity index (χ1) is 15.6. The van der Waals surface area contributed by atoms with Crippen LogP contribution in [0.3, 0.4) is 0 Å². The van der Waals surface area contributed by atoms with Gasteiger partial charge in [0.1, 0.15) is 17.0 Å². The Morgan fingerprint density at radius 3 is 2.64 bits per heavy atom. The van der Waals surface area contributed by atoms with Crippen LogP contribution in [0.5, 0.6) is 5.75 Å². The first kappa shape index (κ1) is 24.9. The van der Waals surface area contributed by atoms with Crippen molar-refractivity contribution in [3.05, 3.63) is 42.1 Å². The van der Waals surface area contributed by atoms with Crippen molar-refractivity contribution in [2.24, 2.45) is 0 Å². The van der Waals surface area contributed by atoms with Crippen LogP contribution in [0.4, 0.5) is 8.78 Å². The molecule has 0 saturated carbocycles. The summed E-state index contributed by atoms with van der Waals surface area (Å²) in [5.41, 5.74) is 2.62. The molecule has 4 rings (SSSR count). The smallest absolute Gasteiger partial charge is 0.387 e. The second-order valence-corrected chi connectivity index (χ2v) is 9.54. The largest absolute Gasteiger partial charge is 0.435 e. The van der Waals surface area contributed by atoms with Crippen molar-refractivity contribution in [1.29, 1.82) is 0 Å². The van der Waals surface area contributed by atoms with E-state index in [9.17, 15) is 22.9 Å². The molecule has 2 N–H and O–H groups in total. The summed E-state index contributed by atoms with van der Waals surface area (Å²) in [6.45, 7) is 0.983. The predicted molar refractivity (Wildman–Crippen MR) is 122 cm³/mol. The summed E-state index contributed by atoms with van der Waals surface area (Å²) in [5, 5.41) is 17.2. The minimum absolute atomic E-state index is 0.00948. The standard InChI is InChI=1S/C17H15F2N3O3.C5H11NOS/c1-10(24)8-22-14-5-11(9-23)7-20-16(14)15(21-22)12-3-2-4-13(6-12)25-17(18)19;1-5(6-2)3-8(7)4-5/h2-7,9-10,17,24H,8H2,1H3;6H,3-4H2,1-2H3. The van der Waals surface area contributed by atoms with E-state index in [0.29, 0.717) is 34.1 Å². The Balaban J connectivity index is 0.000000323. The lowest BCUT2D eigenvalue weighted by Crippen LogP contribution is -2.58. The van der Waals surface area contributed by atoms with Gasteiger partial charge in [0, 0.05) is 45.2 Å². The number of hydrogen-bond donors (Lipinski definition) is 2. The van der Waals surface area contributed by atoms with Crippen LogP contribution in [0.1, 0.15) is 24.2 Å². The fourth-order valence-electron chi connectivity index (χ4n) is 3.35. The number of benzene rings is 1. The summed E-state index contributed by atoms with van der Waals surface area (Å²) in [5.74, 6) is 1.66. The molecule has 2 aromatic heterocycles. The number of aromatic nitrogens is 3. The quantitative estimate of drug-likeness (QED) is 0.501. The molecule has 178 valence electrons. The van der Waals surface area contributed by atoms with Crippen LogP contribution in [0.15, 0.2) is 36.5 Å². The van der Waals surface area contributed by atoms with Crippen LogP contribution in [0.2, 0.25) is 0 Å². The van der Waals surface area contributed by atoms with E-state index in [0.717, 1.165) is 11.5 Å². The summed E-state index contributed by atoms with van der Waals surface area (Å²) >= 11 is 0. The van der Waals surface area contributed by atoms with Crippen molar-refractivity contribution in [2.75, 3.05) is 18.6 Å². The fourth-order valence-corrected chi connectivity index (χ4v) is 4.98. The van der Waals surface area contributed by atoms with Crippen molar-refractivity contribution < 1.29 is 27.6 Å². The molecule has 3 heterocycles. The zero-order valence-corrected chi connectivity index (χ0v) is 19.3. The van der Waals surface area contributed by atoms with Gasteiger partial charge in [-0.3, -0.25) is 18.7 Å². The Labute approximate surface area is 192 Å². The molecule has 33 heavy (non-hydrogen) atoms. The number of aliphatic hydroxyl groups is 1. The molecule has 1 saturated heterocycles. The number of rotatable bonds is 7. The van der Waals surface area contributed by atoms with E-state index in [1.165, 1.54) is 23.0 Å². The van der Waals surface area contributed by atoms with Gasteiger partial charge in [-0.05, 0) is 39.1 Å². The Morgan fingerprint density at radius 1 is 1.36 bits per heavy atom. The molecular weight excluding hydrogens is 454 g/mol. The van der Waals surface area contributed by atoms with Crippen molar-refractivity contribution in [1.82, 2.24) is 20.1 Å². The maximum absolute atomic E-state index is 12.4. The van der Waals surface area contributed by atoms with Crippen LogP contribution in [-0.4, -0.2) is 67.2 Å². The maximum atomic E-state index is 12.4. The number of nitrogens with zero attached hydrogens (tertiary/aromatic N) is 3. The number of halogens is 2. The van der Waals surface area contributed by atoms with Gasteiger partial charge >= 0.3 is 6.61 Å². The van der Waals surface area contributed by atoms with Gasteiger partial charge in [-0.1, -0.05) is 12.1 Å². The molecule has 11 heteroatoms. The Bertz CT molecular complexity index is 1140. The predicted octanol–water partition coefficient (Wildman–Crippen LogP) is 2.62. The van der Waals surface area contributed by atoms with Gasteiger partial charge in [-0.25, -0.2) is 0 Å². The normalized spacial score (nSPS) is 20.6. The topological polar surface area (TPSA) is 106 Å². The summed E-state index contributed by atoms with van der Waals surface area (Å²) in [6.07, 6.45) is 1.42. The zero-order valence-electron chi connectivity index (χ0n) is 18.5. The third-order valence-corrected chi connectivity index (χ3v) is 7.00. The summed E-state index contributed by atoms with van der Waals surface area (Å²) in [6, 6.07) is 7.75. The first-order valence-corrected chi connectivity index (χ1v) is 11.7. The summed E-state index contributed by atoms with van der Waals surface area (Å²) < 4.78 is 41.4. The average Bonchev–Trinajstić information content (AvgIpc) is 3.10. The van der Waals surface area contributed by atoms with E-state index in [2.05, 4.69) is 27.1 Å². The number of ether oxygens (including phenoxy) is 1. The lowest BCUT2D eigenvalue weighted by atomic mass is 10.1. The average molecular weight is 481 g/mol.